The van der Waals surface area contributed by atoms with Gasteiger partial charge < -0.3 is 0 Å². The summed E-state index contributed by atoms with van der Waals surface area (Å²) in [5.41, 5.74) is 0. The zero-order valence-corrected chi connectivity index (χ0v) is 9.33. The fourth-order valence-corrected chi connectivity index (χ4v) is 2.05. The van der Waals surface area contributed by atoms with Gasteiger partial charge in [0.15, 0.2) is 0 Å². The lowest BCUT2D eigenvalue weighted by Crippen LogP contribution is -2.01. The quantitative estimate of drug-likeness (QED) is 0.495. The predicted octanol–water partition coefficient (Wildman–Crippen LogP) is 1.96. The van der Waals surface area contributed by atoms with Gasteiger partial charge in [0.1, 0.15) is 0 Å². The number of hydrogen-bond acceptors (Lipinski definition) is 5. The minimum atomic E-state index is -3.56. The van der Waals surface area contributed by atoms with Crippen LogP contribution in [0.3, 0.4) is 0 Å². The van der Waals surface area contributed by atoms with Crippen LogP contribution < -0.4 is 0 Å². The molecule has 3 nitrogen and oxygen atoms in total. The first-order valence-electron chi connectivity index (χ1n) is 3.32. The average molecular weight is 236 g/mol. The van der Waals surface area contributed by atoms with Crippen LogP contribution in [0, 0.1) is 0 Å². The van der Waals surface area contributed by atoms with Gasteiger partial charge in [-0.1, -0.05) is 10.8 Å². The van der Waals surface area contributed by atoms with E-state index in [1.165, 1.54) is 22.9 Å². The normalized spacial score (nSPS) is 11.5. The molecule has 6 heteroatoms. The lowest BCUT2D eigenvalue weighted by Gasteiger charge is -2.01. The Bertz CT molecular complexity index is 368. The van der Waals surface area contributed by atoms with Crippen molar-refractivity contribution in [1.29, 1.82) is 0 Å². The monoisotopic (exact) mass is 236 g/mol. The Labute approximate surface area is 86.4 Å². The van der Waals surface area contributed by atoms with Gasteiger partial charge in [0.2, 0.25) is 0 Å². The van der Waals surface area contributed by atoms with Crippen molar-refractivity contribution in [3.63, 3.8) is 0 Å². The van der Waals surface area contributed by atoms with Gasteiger partial charge in [0.05, 0.1) is 12.0 Å². The molecule has 0 N–H and O–H groups in total. The van der Waals surface area contributed by atoms with E-state index in [4.69, 9.17) is 0 Å². The molecule has 0 atom stereocenters. The lowest BCUT2D eigenvalue weighted by atomic mass is 10.4. The molecule has 13 heavy (non-hydrogen) atoms. The van der Waals surface area contributed by atoms with Crippen molar-refractivity contribution < 1.29 is 12.6 Å². The van der Waals surface area contributed by atoms with Crippen molar-refractivity contribution in [2.45, 2.75) is 9.79 Å². The van der Waals surface area contributed by atoms with E-state index in [0.29, 0.717) is 0 Å². The summed E-state index contributed by atoms with van der Waals surface area (Å²) >= 11 is 3.98. The highest BCUT2D eigenvalue weighted by Gasteiger charge is 2.11. The molecule has 1 aromatic rings. The largest absolute Gasteiger partial charge is 0.296 e. The first kappa shape index (κ1) is 10.9. The molecule has 0 bridgehead atoms. The molecule has 0 saturated heterocycles. The maximum absolute atomic E-state index is 11.2. The Hall–Kier alpha value is -0.170. The average Bonchev–Trinajstić information content (AvgIpc) is 2.18. The van der Waals surface area contributed by atoms with Gasteiger partial charge >= 0.3 is 0 Å². The number of thiol groups is 1. The van der Waals surface area contributed by atoms with Crippen molar-refractivity contribution in [3.05, 3.63) is 24.3 Å². The molecule has 1 aromatic carbocycles. The SMILES string of the molecule is COS(=O)(=O)c1ccc(SS)cc1. The molecule has 0 amide bonds. The van der Waals surface area contributed by atoms with Crippen LogP contribution in [-0.2, 0) is 14.3 Å². The first-order valence-corrected chi connectivity index (χ1v) is 6.60. The second kappa shape index (κ2) is 4.36. The van der Waals surface area contributed by atoms with Crippen LogP contribution in [0.5, 0.6) is 0 Å². The summed E-state index contributed by atoms with van der Waals surface area (Å²) < 4.78 is 26.6. The molecule has 0 saturated carbocycles. The van der Waals surface area contributed by atoms with Crippen molar-refractivity contribution in [1.82, 2.24) is 0 Å². The van der Waals surface area contributed by atoms with Crippen LogP contribution in [0.15, 0.2) is 34.1 Å². The molecule has 0 heterocycles. The first-order chi connectivity index (χ1) is 6.10. The minimum Gasteiger partial charge on any atom is -0.270 e. The molecule has 0 aromatic heterocycles. The summed E-state index contributed by atoms with van der Waals surface area (Å²) in [4.78, 5) is 1.04. The van der Waals surface area contributed by atoms with Crippen molar-refractivity contribution >= 4 is 32.6 Å². The highest BCUT2D eigenvalue weighted by atomic mass is 33.1. The van der Waals surface area contributed by atoms with Gasteiger partial charge in [-0.25, -0.2) is 0 Å². The van der Waals surface area contributed by atoms with Crippen LogP contribution in [0.4, 0.5) is 0 Å². The van der Waals surface area contributed by atoms with Crippen molar-refractivity contribution in [3.8, 4) is 0 Å². The smallest absolute Gasteiger partial charge is 0.270 e. The summed E-state index contributed by atoms with van der Waals surface area (Å²) in [5, 5.41) is 0. The van der Waals surface area contributed by atoms with Gasteiger partial charge in [-0.15, -0.1) is 11.7 Å². The molecule has 0 spiro atoms. The second-order valence-corrected chi connectivity index (χ2v) is 5.10. The van der Waals surface area contributed by atoms with E-state index in [-0.39, 0.29) is 4.90 Å². The number of hydrogen-bond donors (Lipinski definition) is 1. The van der Waals surface area contributed by atoms with Crippen LogP contribution in [-0.4, -0.2) is 15.5 Å². The summed E-state index contributed by atoms with van der Waals surface area (Å²) in [7, 11) is -1.17. The van der Waals surface area contributed by atoms with E-state index in [1.807, 2.05) is 0 Å². The van der Waals surface area contributed by atoms with Gasteiger partial charge in [-0.3, -0.25) is 4.18 Å². The molecular weight excluding hydrogens is 228 g/mol. The van der Waals surface area contributed by atoms with Crippen molar-refractivity contribution in [2.24, 2.45) is 0 Å². The van der Waals surface area contributed by atoms with E-state index >= 15 is 0 Å². The van der Waals surface area contributed by atoms with Gasteiger partial charge in [-0.2, -0.15) is 8.42 Å². The maximum Gasteiger partial charge on any atom is 0.296 e. The third-order valence-electron chi connectivity index (χ3n) is 1.44. The molecule has 0 radical (unpaired) electrons. The fraction of sp³-hybridized carbons (Fsp3) is 0.143. The van der Waals surface area contributed by atoms with E-state index in [1.54, 1.807) is 12.1 Å². The second-order valence-electron chi connectivity index (χ2n) is 2.18. The number of rotatable bonds is 3. The van der Waals surface area contributed by atoms with Crippen LogP contribution >= 0.6 is 22.5 Å². The van der Waals surface area contributed by atoms with Crippen LogP contribution in [0.2, 0.25) is 0 Å². The summed E-state index contributed by atoms with van der Waals surface area (Å²) in [6.07, 6.45) is 0. The Morgan fingerprint density at radius 3 is 2.23 bits per heavy atom. The molecule has 0 unspecified atom stereocenters. The van der Waals surface area contributed by atoms with E-state index in [0.717, 1.165) is 12.0 Å². The third-order valence-corrected chi connectivity index (χ3v) is 3.84. The Morgan fingerprint density at radius 1 is 1.31 bits per heavy atom. The zero-order chi connectivity index (χ0) is 9.90. The van der Waals surface area contributed by atoms with Crippen LogP contribution in [0.1, 0.15) is 0 Å². The molecule has 0 aliphatic carbocycles. The maximum atomic E-state index is 11.2. The van der Waals surface area contributed by atoms with Gasteiger partial charge in [0.25, 0.3) is 10.1 Å². The highest BCUT2D eigenvalue weighted by Crippen LogP contribution is 2.22. The number of benzene rings is 1. The molecule has 0 aliphatic heterocycles. The van der Waals surface area contributed by atoms with Gasteiger partial charge in [0, 0.05) is 4.90 Å². The molecule has 0 aliphatic rings. The molecule has 1 rings (SSSR count). The molecular formula is C7H8O3S3. The predicted molar refractivity (Wildman–Crippen MR) is 55.5 cm³/mol. The van der Waals surface area contributed by atoms with E-state index < -0.39 is 10.1 Å². The molecule has 72 valence electrons. The standard InChI is InChI=1S/C7H8O3S3/c1-10-13(8,9)7-4-2-6(12-11)3-5-7/h2-5,11H,1H3. The highest BCUT2D eigenvalue weighted by molar-refractivity contribution is 8.68. The van der Waals surface area contributed by atoms with Crippen molar-refractivity contribution in [2.75, 3.05) is 7.11 Å². The van der Waals surface area contributed by atoms with E-state index in [9.17, 15) is 8.42 Å². The third kappa shape index (κ3) is 2.63. The topological polar surface area (TPSA) is 43.4 Å². The Balaban J connectivity index is 3.06. The van der Waals surface area contributed by atoms with Gasteiger partial charge in [-0.05, 0) is 24.3 Å². The Morgan fingerprint density at radius 2 is 1.85 bits per heavy atom. The van der Waals surface area contributed by atoms with Crippen LogP contribution in [0.25, 0.3) is 0 Å². The summed E-state index contributed by atoms with van der Waals surface area (Å²) in [6, 6.07) is 6.31. The van der Waals surface area contributed by atoms with E-state index in [2.05, 4.69) is 15.8 Å². The molecule has 0 fully saturated rings. The zero-order valence-electron chi connectivity index (χ0n) is 6.80. The minimum absolute atomic E-state index is 0.154. The lowest BCUT2D eigenvalue weighted by molar-refractivity contribution is 0.397. The Kier molecular flexibility index (Phi) is 3.66. The summed E-state index contributed by atoms with van der Waals surface area (Å²) in [6.45, 7) is 0. The fourth-order valence-electron chi connectivity index (χ4n) is 0.763. The summed E-state index contributed by atoms with van der Waals surface area (Å²) in [5.74, 6) is 0.